The van der Waals surface area contributed by atoms with Crippen LogP contribution in [0.15, 0.2) is 39.9 Å². The lowest BCUT2D eigenvalue weighted by molar-refractivity contribution is 0.188. The molecule has 0 aliphatic heterocycles. The summed E-state index contributed by atoms with van der Waals surface area (Å²) in [7, 11) is 2.99. The van der Waals surface area contributed by atoms with Gasteiger partial charge in [0.2, 0.25) is 0 Å². The third-order valence-electron chi connectivity index (χ3n) is 5.24. The van der Waals surface area contributed by atoms with Crippen LogP contribution in [0.3, 0.4) is 0 Å². The van der Waals surface area contributed by atoms with E-state index in [4.69, 9.17) is 0 Å². The van der Waals surface area contributed by atoms with Crippen LogP contribution in [0.25, 0.3) is 11.2 Å². The first-order valence-electron chi connectivity index (χ1n) is 9.63. The molecule has 9 heteroatoms. The van der Waals surface area contributed by atoms with Crippen molar-refractivity contribution in [3.63, 3.8) is 0 Å². The Hall–Kier alpha value is -2.75. The Balaban J connectivity index is 2.19. The molecule has 0 bridgehead atoms. The number of hydrogen-bond donors (Lipinski definition) is 2. The maximum Gasteiger partial charge on any atom is 0.332 e. The van der Waals surface area contributed by atoms with Gasteiger partial charge in [-0.1, -0.05) is 37.3 Å². The van der Waals surface area contributed by atoms with E-state index in [1.54, 1.807) is 23.7 Å². The highest BCUT2D eigenvalue weighted by Crippen LogP contribution is 2.24. The fourth-order valence-corrected chi connectivity index (χ4v) is 3.49. The Bertz CT molecular complexity index is 1100. The van der Waals surface area contributed by atoms with E-state index in [-0.39, 0.29) is 17.8 Å². The number of nitrogens with zero attached hydrogens (tertiary/aromatic N) is 5. The van der Waals surface area contributed by atoms with Crippen LogP contribution in [0.1, 0.15) is 24.4 Å². The Kier molecular flexibility index (Phi) is 6.31. The van der Waals surface area contributed by atoms with Gasteiger partial charge in [-0.05, 0) is 12.1 Å². The van der Waals surface area contributed by atoms with Gasteiger partial charge in [-0.25, -0.2) is 9.78 Å². The number of imidazole rings is 1. The second-order valence-corrected chi connectivity index (χ2v) is 6.97. The molecule has 0 fully saturated rings. The number of aliphatic hydroxyl groups is 2. The molecule has 0 amide bonds. The molecule has 0 radical (unpaired) electrons. The van der Waals surface area contributed by atoms with E-state index in [0.717, 1.165) is 11.1 Å². The van der Waals surface area contributed by atoms with E-state index < -0.39 is 17.4 Å². The summed E-state index contributed by atoms with van der Waals surface area (Å²) >= 11 is 0. The number of likely N-dealkylation sites (N-methyl/N-ethyl adjacent to an activating group) is 1. The van der Waals surface area contributed by atoms with Gasteiger partial charge < -0.3 is 14.8 Å². The molecular weight excluding hydrogens is 374 g/mol. The van der Waals surface area contributed by atoms with Gasteiger partial charge in [0.05, 0.1) is 6.61 Å². The molecule has 2 aromatic heterocycles. The van der Waals surface area contributed by atoms with Crippen molar-refractivity contribution in [2.75, 3.05) is 26.2 Å². The molecule has 29 heavy (non-hydrogen) atoms. The van der Waals surface area contributed by atoms with Crippen molar-refractivity contribution < 1.29 is 10.2 Å². The Labute approximate surface area is 168 Å². The number of aromatic nitrogens is 4. The molecule has 3 aromatic rings. The molecule has 2 heterocycles. The molecule has 2 N–H and O–H groups in total. The standard InChI is InChI=1S/C20H27N5O4/c1-4-24(12-13-26)10-11-25-15-17(22(2)20(29)23(3)19(15)28)21-18(25)16(27)14-8-6-5-7-9-14/h5-9,16,26-27H,4,10-13H2,1-3H3/t16-/m1/s1. The summed E-state index contributed by atoms with van der Waals surface area (Å²) in [6, 6.07) is 9.07. The normalized spacial score (nSPS) is 12.8. The summed E-state index contributed by atoms with van der Waals surface area (Å²) in [6.07, 6.45) is -1.05. The van der Waals surface area contributed by atoms with Crippen LogP contribution < -0.4 is 11.2 Å². The average molecular weight is 401 g/mol. The predicted octanol–water partition coefficient (Wildman–Crippen LogP) is -0.170. The predicted molar refractivity (Wildman–Crippen MR) is 110 cm³/mol. The summed E-state index contributed by atoms with van der Waals surface area (Å²) in [5.74, 6) is 0.310. The lowest BCUT2D eigenvalue weighted by Gasteiger charge is -2.21. The molecule has 0 aliphatic rings. The van der Waals surface area contributed by atoms with Gasteiger partial charge in [0.15, 0.2) is 11.2 Å². The van der Waals surface area contributed by atoms with E-state index in [2.05, 4.69) is 4.98 Å². The lowest BCUT2D eigenvalue weighted by atomic mass is 10.1. The molecule has 0 unspecified atom stereocenters. The fraction of sp³-hybridized carbons (Fsp3) is 0.450. The SMILES string of the molecule is CCN(CCO)CCn1c([C@H](O)c2ccccc2)nc2c1c(=O)n(C)c(=O)n2C. The first-order chi connectivity index (χ1) is 13.9. The van der Waals surface area contributed by atoms with Crippen LogP contribution in [0.4, 0.5) is 0 Å². The van der Waals surface area contributed by atoms with Crippen molar-refractivity contribution in [3.05, 3.63) is 62.6 Å². The first kappa shape index (κ1) is 21.0. The molecular formula is C20H27N5O4. The topological polar surface area (TPSA) is 106 Å². The van der Waals surface area contributed by atoms with E-state index in [1.807, 2.05) is 30.0 Å². The highest BCUT2D eigenvalue weighted by Gasteiger charge is 2.24. The van der Waals surface area contributed by atoms with Crippen molar-refractivity contribution in [1.82, 2.24) is 23.6 Å². The van der Waals surface area contributed by atoms with Gasteiger partial charge in [0.25, 0.3) is 5.56 Å². The van der Waals surface area contributed by atoms with Crippen molar-refractivity contribution in [1.29, 1.82) is 0 Å². The zero-order chi connectivity index (χ0) is 21.1. The Morgan fingerprint density at radius 1 is 1.10 bits per heavy atom. The van der Waals surface area contributed by atoms with Gasteiger partial charge in [0.1, 0.15) is 11.9 Å². The number of aryl methyl sites for hydroxylation is 1. The molecule has 3 rings (SSSR count). The van der Waals surface area contributed by atoms with Crippen LogP contribution in [-0.2, 0) is 20.6 Å². The van der Waals surface area contributed by atoms with Gasteiger partial charge in [-0.15, -0.1) is 0 Å². The van der Waals surface area contributed by atoms with Crippen LogP contribution >= 0.6 is 0 Å². The van der Waals surface area contributed by atoms with Gasteiger partial charge in [-0.2, -0.15) is 0 Å². The Morgan fingerprint density at radius 3 is 2.41 bits per heavy atom. The third kappa shape index (κ3) is 3.89. The van der Waals surface area contributed by atoms with E-state index >= 15 is 0 Å². The van der Waals surface area contributed by atoms with Crippen molar-refractivity contribution in [2.45, 2.75) is 19.6 Å². The van der Waals surface area contributed by atoms with Crippen molar-refractivity contribution in [2.24, 2.45) is 14.1 Å². The number of fused-ring (bicyclic) bond motifs is 1. The maximum absolute atomic E-state index is 12.9. The van der Waals surface area contributed by atoms with E-state index in [1.165, 1.54) is 11.6 Å². The molecule has 0 aliphatic carbocycles. The minimum atomic E-state index is -1.05. The highest BCUT2D eigenvalue weighted by molar-refractivity contribution is 5.71. The minimum Gasteiger partial charge on any atom is -0.395 e. The largest absolute Gasteiger partial charge is 0.395 e. The van der Waals surface area contributed by atoms with Crippen LogP contribution in [-0.4, -0.2) is 60.0 Å². The zero-order valence-electron chi connectivity index (χ0n) is 16.9. The van der Waals surface area contributed by atoms with Gasteiger partial charge in [-0.3, -0.25) is 18.8 Å². The Morgan fingerprint density at radius 2 is 1.79 bits per heavy atom. The van der Waals surface area contributed by atoms with Gasteiger partial charge >= 0.3 is 5.69 Å². The summed E-state index contributed by atoms with van der Waals surface area (Å²) < 4.78 is 4.05. The highest BCUT2D eigenvalue weighted by atomic mass is 16.3. The van der Waals surface area contributed by atoms with Crippen LogP contribution in [0.5, 0.6) is 0 Å². The molecule has 9 nitrogen and oxygen atoms in total. The summed E-state index contributed by atoms with van der Waals surface area (Å²) in [5, 5.41) is 20.2. The second kappa shape index (κ2) is 8.73. The lowest BCUT2D eigenvalue weighted by Crippen LogP contribution is -2.38. The van der Waals surface area contributed by atoms with E-state index in [9.17, 15) is 19.8 Å². The van der Waals surface area contributed by atoms with Crippen molar-refractivity contribution >= 4 is 11.2 Å². The average Bonchev–Trinajstić information content (AvgIpc) is 3.13. The zero-order valence-corrected chi connectivity index (χ0v) is 16.9. The third-order valence-corrected chi connectivity index (χ3v) is 5.24. The molecule has 1 atom stereocenters. The van der Waals surface area contributed by atoms with E-state index in [0.29, 0.717) is 31.0 Å². The smallest absolute Gasteiger partial charge is 0.332 e. The fourth-order valence-electron chi connectivity index (χ4n) is 3.49. The molecule has 1 aromatic carbocycles. The van der Waals surface area contributed by atoms with Gasteiger partial charge in [0, 0.05) is 33.7 Å². The summed E-state index contributed by atoms with van der Waals surface area (Å²) in [4.78, 5) is 31.8. The molecule has 0 saturated heterocycles. The molecule has 156 valence electrons. The monoisotopic (exact) mass is 401 g/mol. The molecule has 0 saturated carbocycles. The quantitative estimate of drug-likeness (QED) is 0.543. The second-order valence-electron chi connectivity index (χ2n) is 6.97. The summed E-state index contributed by atoms with van der Waals surface area (Å²) in [5.41, 5.74) is 0.247. The van der Waals surface area contributed by atoms with Crippen LogP contribution in [0.2, 0.25) is 0 Å². The van der Waals surface area contributed by atoms with Crippen LogP contribution in [0, 0.1) is 0 Å². The molecule has 0 spiro atoms. The van der Waals surface area contributed by atoms with Crippen molar-refractivity contribution in [3.8, 4) is 0 Å². The minimum absolute atomic E-state index is 0.0360. The number of hydrogen-bond acceptors (Lipinski definition) is 6. The first-order valence-corrected chi connectivity index (χ1v) is 9.63. The summed E-state index contributed by atoms with van der Waals surface area (Å²) in [6.45, 7) is 4.22. The maximum atomic E-state index is 12.9. The number of aliphatic hydroxyl groups excluding tert-OH is 2. The number of benzene rings is 1. The number of rotatable bonds is 8.